The SMILES string of the molecule is CCCCCCCCCCCCCCCCCCC(CC)ONC(O)=S.NC(O)=S.O=S(O)O. The molecule has 0 bridgehead atoms. The van der Waals surface area contributed by atoms with Crippen LogP contribution >= 0.6 is 24.4 Å². The number of hydrogen-bond donors (Lipinski definition) is 6. The molecule has 0 aromatic heterocycles. The lowest BCUT2D eigenvalue weighted by molar-refractivity contribution is -0.00431. The lowest BCUT2D eigenvalue weighted by Gasteiger charge is -2.15. The summed E-state index contributed by atoms with van der Waals surface area (Å²) >= 11 is 5.79. The highest BCUT2D eigenvalue weighted by Crippen LogP contribution is 2.15. The Kier molecular flexibility index (Phi) is 36.2. The fraction of sp³-hybridized carbons (Fsp3) is 0.913. The van der Waals surface area contributed by atoms with Gasteiger partial charge in [0.2, 0.25) is 0 Å². The van der Waals surface area contributed by atoms with Gasteiger partial charge >= 0.3 is 0 Å². The zero-order valence-electron chi connectivity index (χ0n) is 21.2. The van der Waals surface area contributed by atoms with E-state index in [0.717, 1.165) is 12.8 Å². The van der Waals surface area contributed by atoms with Crippen LogP contribution < -0.4 is 11.2 Å². The molecule has 1 unspecified atom stereocenters. The van der Waals surface area contributed by atoms with Crippen molar-refractivity contribution in [3.63, 3.8) is 0 Å². The number of hydroxylamine groups is 1. The number of aliphatic hydroxyl groups is 2. The van der Waals surface area contributed by atoms with Gasteiger partial charge in [0, 0.05) is 0 Å². The summed E-state index contributed by atoms with van der Waals surface area (Å²) in [5.74, 6) is 0. The van der Waals surface area contributed by atoms with E-state index in [2.05, 4.69) is 49.5 Å². The van der Waals surface area contributed by atoms with Gasteiger partial charge in [-0.1, -0.05) is 117 Å². The summed E-state index contributed by atoms with van der Waals surface area (Å²) in [5.41, 5.74) is 6.79. The lowest BCUT2D eigenvalue weighted by Crippen LogP contribution is -2.27. The maximum atomic E-state index is 8.90. The van der Waals surface area contributed by atoms with Crippen molar-refractivity contribution in [2.45, 2.75) is 136 Å². The van der Waals surface area contributed by atoms with Gasteiger partial charge in [0.1, 0.15) is 0 Å². The number of thiocarbonyl (C=S) groups is 2. The third-order valence-electron chi connectivity index (χ3n) is 5.15. The zero-order valence-corrected chi connectivity index (χ0v) is 23.7. The summed E-state index contributed by atoms with van der Waals surface area (Å²) in [6, 6.07) is 0. The zero-order chi connectivity index (χ0) is 26.5. The molecule has 0 saturated heterocycles. The molecule has 0 saturated carbocycles. The first-order chi connectivity index (χ1) is 16.2. The van der Waals surface area contributed by atoms with Crippen LogP contribution in [0.4, 0.5) is 0 Å². The van der Waals surface area contributed by atoms with E-state index in [1.54, 1.807) is 0 Å². The minimum absolute atomic E-state index is 0.145. The minimum Gasteiger partial charge on any atom is -0.487 e. The Morgan fingerprint density at radius 1 is 0.794 bits per heavy atom. The van der Waals surface area contributed by atoms with Crippen LogP contribution in [0.25, 0.3) is 0 Å². The first kappa shape index (κ1) is 37.9. The highest BCUT2D eigenvalue weighted by molar-refractivity contribution is 7.80. The Morgan fingerprint density at radius 2 is 1.09 bits per heavy atom. The molecule has 8 nitrogen and oxygen atoms in total. The van der Waals surface area contributed by atoms with Crippen LogP contribution in [-0.4, -0.2) is 40.0 Å². The summed E-state index contributed by atoms with van der Waals surface area (Å²) in [6.07, 6.45) is 24.4. The van der Waals surface area contributed by atoms with Crippen LogP contribution in [-0.2, 0) is 16.2 Å². The Bertz CT molecular complexity index is 454. The normalized spacial score (nSPS) is 11.1. The van der Waals surface area contributed by atoms with E-state index in [1.165, 1.54) is 103 Å². The van der Waals surface area contributed by atoms with Crippen LogP contribution in [0.5, 0.6) is 0 Å². The van der Waals surface area contributed by atoms with Crippen molar-refractivity contribution in [1.29, 1.82) is 0 Å². The van der Waals surface area contributed by atoms with E-state index in [4.69, 9.17) is 28.4 Å². The molecular weight excluding hydrogens is 496 g/mol. The van der Waals surface area contributed by atoms with Crippen molar-refractivity contribution in [1.82, 2.24) is 5.48 Å². The minimum atomic E-state index is -2.61. The highest BCUT2D eigenvalue weighted by atomic mass is 32.2. The average Bonchev–Trinajstić information content (AvgIpc) is 2.74. The Balaban J connectivity index is -0.00000103. The average molecular weight is 547 g/mol. The number of aliphatic hydroxyl groups excluding tert-OH is 2. The van der Waals surface area contributed by atoms with Crippen molar-refractivity contribution in [3.05, 3.63) is 0 Å². The molecule has 11 heteroatoms. The van der Waals surface area contributed by atoms with Crippen molar-refractivity contribution in [3.8, 4) is 0 Å². The molecule has 0 amide bonds. The van der Waals surface area contributed by atoms with Crippen LogP contribution in [0, 0.1) is 0 Å². The summed E-state index contributed by atoms with van der Waals surface area (Å²) in [7, 11) is 0. The Labute approximate surface area is 220 Å². The Morgan fingerprint density at radius 3 is 1.35 bits per heavy atom. The topological polar surface area (TPSA) is 145 Å². The predicted octanol–water partition coefficient (Wildman–Crippen LogP) is 7.25. The molecule has 1 atom stereocenters. The molecule has 0 rings (SSSR count). The number of nitrogens with one attached hydrogen (secondary N) is 1. The second-order valence-corrected chi connectivity index (χ2v) is 9.48. The summed E-state index contributed by atoms with van der Waals surface area (Å²) < 4.78 is 22.8. The quantitative estimate of drug-likeness (QED) is 0.0399. The standard InChI is InChI=1S/C22H45NO2S.CH3NOS.H2O3S/c1-3-5-6-7-8-9-10-11-12-13-14-15-16-17-18-19-20-21(4-2)25-23-22(24)26;2-1(3)4;1-4(2)3/h21H,3-20H2,1-2H3,(H2,23,24,26);(H3,2,3,4);(H2,1,2,3). The van der Waals surface area contributed by atoms with Gasteiger partial charge in [0.15, 0.2) is 0 Å². The number of unbranched alkanes of at least 4 members (excludes halogenated alkanes) is 15. The second-order valence-electron chi connectivity index (χ2n) is 8.22. The molecule has 7 N–H and O–H groups in total. The molecule has 0 fully saturated rings. The number of hydrogen-bond acceptors (Lipinski definition) is 4. The van der Waals surface area contributed by atoms with Gasteiger partial charge in [-0.15, -0.1) is 0 Å². The maximum absolute atomic E-state index is 8.90. The molecule has 0 aliphatic carbocycles. The number of nitrogens with two attached hydrogens (primary N) is 1. The van der Waals surface area contributed by atoms with Crippen molar-refractivity contribution >= 4 is 46.1 Å². The van der Waals surface area contributed by atoms with Gasteiger partial charge in [-0.05, 0) is 37.3 Å². The van der Waals surface area contributed by atoms with Crippen LogP contribution in [0.3, 0.4) is 0 Å². The molecular formula is C23H50N2O6S3. The first-order valence-electron chi connectivity index (χ1n) is 12.6. The third kappa shape index (κ3) is 48.7. The van der Waals surface area contributed by atoms with Crippen molar-refractivity contribution in [2.24, 2.45) is 5.73 Å². The summed E-state index contributed by atoms with van der Waals surface area (Å²) in [5, 5.41) is 15.7. The first-order valence-corrected chi connectivity index (χ1v) is 14.5. The fourth-order valence-electron chi connectivity index (χ4n) is 3.40. The van der Waals surface area contributed by atoms with Crippen LogP contribution in [0.2, 0.25) is 0 Å². The van der Waals surface area contributed by atoms with Crippen LogP contribution in [0.15, 0.2) is 0 Å². The molecule has 0 heterocycles. The Hall–Kier alpha value is -0.590. The third-order valence-corrected chi connectivity index (χ3v) is 5.23. The molecule has 0 aromatic carbocycles. The molecule has 0 aliphatic heterocycles. The van der Waals surface area contributed by atoms with E-state index in [-0.39, 0.29) is 11.3 Å². The van der Waals surface area contributed by atoms with E-state index in [9.17, 15) is 0 Å². The van der Waals surface area contributed by atoms with E-state index in [0.29, 0.717) is 0 Å². The van der Waals surface area contributed by atoms with Gasteiger partial charge in [-0.25, -0.2) is 5.48 Å². The van der Waals surface area contributed by atoms with Crippen molar-refractivity contribution < 1.29 is 28.4 Å². The second kappa shape index (κ2) is 32.4. The number of rotatable bonds is 20. The molecule has 0 spiro atoms. The fourth-order valence-corrected chi connectivity index (χ4v) is 3.45. The van der Waals surface area contributed by atoms with Gasteiger partial charge in [-0.2, -0.15) is 4.21 Å². The van der Waals surface area contributed by atoms with Gasteiger partial charge in [-0.3, -0.25) is 13.9 Å². The largest absolute Gasteiger partial charge is 0.487 e. The van der Waals surface area contributed by atoms with Gasteiger partial charge in [0.05, 0.1) is 6.10 Å². The van der Waals surface area contributed by atoms with E-state index >= 15 is 0 Å². The highest BCUT2D eigenvalue weighted by Gasteiger charge is 2.07. The predicted molar refractivity (Wildman–Crippen MR) is 151 cm³/mol. The molecule has 206 valence electrons. The molecule has 0 radical (unpaired) electrons. The van der Waals surface area contributed by atoms with E-state index in [1.807, 2.05) is 0 Å². The summed E-state index contributed by atoms with van der Waals surface area (Å²) in [6.45, 7) is 4.38. The van der Waals surface area contributed by atoms with Crippen molar-refractivity contribution in [2.75, 3.05) is 0 Å². The maximum Gasteiger partial charge on any atom is 0.299 e. The molecule has 0 aliphatic rings. The van der Waals surface area contributed by atoms with Gasteiger partial charge in [0.25, 0.3) is 21.7 Å². The van der Waals surface area contributed by atoms with Gasteiger partial charge < -0.3 is 15.9 Å². The molecule has 0 aromatic rings. The monoisotopic (exact) mass is 546 g/mol. The van der Waals surface area contributed by atoms with E-state index < -0.39 is 16.5 Å². The van der Waals surface area contributed by atoms with Crippen LogP contribution in [0.1, 0.15) is 129 Å². The summed E-state index contributed by atoms with van der Waals surface area (Å²) in [4.78, 5) is 5.34. The molecule has 34 heavy (non-hydrogen) atoms. The lowest BCUT2D eigenvalue weighted by atomic mass is 10.0. The smallest absolute Gasteiger partial charge is 0.299 e.